The second-order valence-electron chi connectivity index (χ2n) is 14.6. The van der Waals surface area contributed by atoms with Gasteiger partial charge in [0.2, 0.25) is 0 Å². The summed E-state index contributed by atoms with van der Waals surface area (Å²) in [6.45, 7) is 4.26. The highest BCUT2D eigenvalue weighted by atomic mass is 16.5. The fourth-order valence-electron chi connectivity index (χ4n) is 8.68. The Kier molecular flexibility index (Phi) is 7.05. The number of benzene rings is 8. The summed E-state index contributed by atoms with van der Waals surface area (Å²) in [5, 5.41) is 2.16. The van der Waals surface area contributed by atoms with Gasteiger partial charge >= 0.3 is 0 Å². The van der Waals surface area contributed by atoms with E-state index in [0.29, 0.717) is 0 Å². The number of para-hydroxylation sites is 3. The topological polar surface area (TPSA) is 34.8 Å². The molecule has 55 heavy (non-hydrogen) atoms. The highest BCUT2D eigenvalue weighted by Crippen LogP contribution is 2.47. The van der Waals surface area contributed by atoms with Gasteiger partial charge in [0.15, 0.2) is 5.58 Å². The van der Waals surface area contributed by atoms with Crippen molar-refractivity contribution >= 4 is 62.1 Å². The van der Waals surface area contributed by atoms with E-state index in [1.807, 2.05) is 24.3 Å². The Morgan fingerprint density at radius 3 is 1.62 bits per heavy atom. The molecule has 0 aliphatic carbocycles. The minimum Gasteiger partial charge on any atom is -0.458 e. The predicted octanol–water partition coefficient (Wildman–Crippen LogP) is 11.7. The van der Waals surface area contributed by atoms with E-state index in [1.165, 1.54) is 0 Å². The molecule has 4 nitrogen and oxygen atoms in total. The van der Waals surface area contributed by atoms with E-state index in [9.17, 15) is 0 Å². The zero-order chi connectivity index (χ0) is 36.6. The van der Waals surface area contributed by atoms with Crippen LogP contribution in [-0.2, 0) is 0 Å². The third kappa shape index (κ3) is 5.00. The van der Waals surface area contributed by atoms with Crippen LogP contribution in [-0.4, -0.2) is 6.71 Å². The normalized spacial score (nSPS) is 12.4. The molecule has 0 saturated carbocycles. The van der Waals surface area contributed by atoms with Gasteiger partial charge < -0.3 is 18.8 Å². The fraction of sp³-hybridized carbons (Fsp3) is 0.0400. The van der Waals surface area contributed by atoms with Gasteiger partial charge in [0.1, 0.15) is 28.6 Å². The summed E-state index contributed by atoms with van der Waals surface area (Å²) in [5.41, 5.74) is 14.7. The van der Waals surface area contributed by atoms with Gasteiger partial charge in [-0.25, -0.2) is 0 Å². The maximum Gasteiger partial charge on any atom is 0.260 e. The van der Waals surface area contributed by atoms with E-state index in [4.69, 9.17) is 13.9 Å². The molecule has 0 bridgehead atoms. The Balaban J connectivity index is 1.16. The van der Waals surface area contributed by atoms with Crippen molar-refractivity contribution in [3.05, 3.63) is 181 Å². The van der Waals surface area contributed by atoms with Crippen molar-refractivity contribution in [3.8, 4) is 45.3 Å². The first kappa shape index (κ1) is 31.5. The molecule has 0 N–H and O–H groups in total. The molecule has 0 spiro atoms. The van der Waals surface area contributed by atoms with Gasteiger partial charge in [0.25, 0.3) is 6.71 Å². The second kappa shape index (κ2) is 12.3. The maximum absolute atomic E-state index is 7.02. The molecule has 2 aliphatic rings. The molecular weight excluding hydrogens is 673 g/mol. The van der Waals surface area contributed by atoms with Crippen molar-refractivity contribution in [3.63, 3.8) is 0 Å². The Morgan fingerprint density at radius 2 is 1.00 bits per heavy atom. The van der Waals surface area contributed by atoms with Gasteiger partial charge in [-0.1, -0.05) is 133 Å². The number of anilines is 3. The molecule has 0 amide bonds. The largest absolute Gasteiger partial charge is 0.458 e. The number of furan rings is 1. The Bertz CT molecular complexity index is 2840. The summed E-state index contributed by atoms with van der Waals surface area (Å²) in [4.78, 5) is 2.32. The smallest absolute Gasteiger partial charge is 0.260 e. The predicted molar refractivity (Wildman–Crippen MR) is 226 cm³/mol. The lowest BCUT2D eigenvalue weighted by Gasteiger charge is -2.35. The van der Waals surface area contributed by atoms with Crippen LogP contribution in [0.15, 0.2) is 174 Å². The third-order valence-electron chi connectivity index (χ3n) is 11.2. The number of hydrogen-bond acceptors (Lipinski definition) is 4. The van der Waals surface area contributed by atoms with E-state index in [0.717, 1.165) is 112 Å². The zero-order valence-electron chi connectivity index (χ0n) is 30.4. The standard InChI is InChI=1S/C50H34BNO3/c1-31-13-11-14-32(2)49(31)52(42-21-12-20-39-38-19-9-10-22-43(38)55-50(39)42)37-29-46-48-47(30-37)54-45-28-36(34-17-7-4-8-18-34)24-26-41(45)51(48)40-25-23-35(27-44(40)53-46)33-15-5-3-6-16-33/h3-30H,1-2H3. The van der Waals surface area contributed by atoms with Crippen molar-refractivity contribution in [1.82, 2.24) is 0 Å². The van der Waals surface area contributed by atoms with Gasteiger partial charge in [-0.15, -0.1) is 0 Å². The van der Waals surface area contributed by atoms with Crippen LogP contribution in [0.3, 0.4) is 0 Å². The molecule has 0 fully saturated rings. The van der Waals surface area contributed by atoms with Crippen molar-refractivity contribution < 1.29 is 13.9 Å². The van der Waals surface area contributed by atoms with E-state index < -0.39 is 0 Å². The van der Waals surface area contributed by atoms with E-state index >= 15 is 0 Å². The molecule has 5 heteroatoms. The minimum atomic E-state index is -0.0753. The number of hydrogen-bond donors (Lipinski definition) is 0. The molecule has 1 aromatic heterocycles. The molecule has 2 aliphatic heterocycles. The average Bonchev–Trinajstić information content (AvgIpc) is 3.61. The van der Waals surface area contributed by atoms with Gasteiger partial charge in [0, 0.05) is 28.4 Å². The number of rotatable bonds is 5. The van der Waals surface area contributed by atoms with Crippen LogP contribution in [0.2, 0.25) is 0 Å². The lowest BCUT2D eigenvalue weighted by atomic mass is 9.34. The fourth-order valence-corrected chi connectivity index (χ4v) is 8.68. The van der Waals surface area contributed by atoms with Crippen molar-refractivity contribution in [2.75, 3.05) is 4.90 Å². The van der Waals surface area contributed by atoms with Gasteiger partial charge in [-0.2, -0.15) is 0 Å². The molecule has 3 heterocycles. The summed E-state index contributed by atoms with van der Waals surface area (Å²) in [5.74, 6) is 3.25. The SMILES string of the molecule is Cc1cccc(C)c1N(c1cc2c3c(c1)Oc1cc(-c4ccccc4)ccc1B3c1ccc(-c3ccccc3)cc1O2)c1cccc2c1oc1ccccc12. The first-order chi connectivity index (χ1) is 27.1. The van der Waals surface area contributed by atoms with Crippen LogP contribution < -0.4 is 30.8 Å². The Morgan fingerprint density at radius 1 is 0.455 bits per heavy atom. The van der Waals surface area contributed by atoms with Crippen molar-refractivity contribution in [2.45, 2.75) is 13.8 Å². The third-order valence-corrected chi connectivity index (χ3v) is 11.2. The Labute approximate surface area is 319 Å². The molecule has 9 aromatic rings. The highest BCUT2D eigenvalue weighted by molar-refractivity contribution is 6.98. The lowest BCUT2D eigenvalue weighted by molar-refractivity contribution is 0.465. The Hall–Kier alpha value is -6.98. The first-order valence-electron chi connectivity index (χ1n) is 18.8. The zero-order valence-corrected chi connectivity index (χ0v) is 30.4. The average molecular weight is 708 g/mol. The molecular formula is C50H34BNO3. The van der Waals surface area contributed by atoms with Gasteiger partial charge in [0.05, 0.1) is 17.1 Å². The summed E-state index contributed by atoms with van der Waals surface area (Å²) >= 11 is 0. The molecule has 0 unspecified atom stereocenters. The molecule has 8 aromatic carbocycles. The van der Waals surface area contributed by atoms with Gasteiger partial charge in [-0.3, -0.25) is 0 Å². The van der Waals surface area contributed by atoms with E-state index in [-0.39, 0.29) is 6.71 Å². The summed E-state index contributed by atoms with van der Waals surface area (Å²) < 4.78 is 20.7. The van der Waals surface area contributed by atoms with Crippen LogP contribution >= 0.6 is 0 Å². The molecule has 0 atom stereocenters. The van der Waals surface area contributed by atoms with E-state index in [1.54, 1.807) is 0 Å². The molecule has 11 rings (SSSR count). The van der Waals surface area contributed by atoms with Crippen molar-refractivity contribution in [1.29, 1.82) is 0 Å². The van der Waals surface area contributed by atoms with Crippen LogP contribution in [0.5, 0.6) is 23.0 Å². The second-order valence-corrected chi connectivity index (χ2v) is 14.6. The van der Waals surface area contributed by atoms with Crippen LogP contribution in [0, 0.1) is 13.8 Å². The van der Waals surface area contributed by atoms with Gasteiger partial charge in [-0.05, 0) is 82.4 Å². The van der Waals surface area contributed by atoms with Crippen molar-refractivity contribution in [2.24, 2.45) is 0 Å². The quantitative estimate of drug-likeness (QED) is 0.167. The van der Waals surface area contributed by atoms with E-state index in [2.05, 4.69) is 164 Å². The number of nitrogens with zero attached hydrogens (tertiary/aromatic N) is 1. The lowest BCUT2D eigenvalue weighted by Crippen LogP contribution is -2.57. The number of aryl methyl sites for hydroxylation is 2. The molecule has 0 saturated heterocycles. The molecule has 260 valence electrons. The number of ether oxygens (including phenoxy) is 2. The van der Waals surface area contributed by atoms with Crippen LogP contribution in [0.25, 0.3) is 44.2 Å². The molecule has 0 radical (unpaired) electrons. The van der Waals surface area contributed by atoms with Crippen LogP contribution in [0.4, 0.5) is 17.1 Å². The number of fused-ring (bicyclic) bond motifs is 7. The minimum absolute atomic E-state index is 0.0753. The summed E-state index contributed by atoms with van der Waals surface area (Å²) in [7, 11) is 0. The summed E-state index contributed by atoms with van der Waals surface area (Å²) in [6.07, 6.45) is 0. The maximum atomic E-state index is 7.02. The highest BCUT2D eigenvalue weighted by Gasteiger charge is 2.41. The first-order valence-corrected chi connectivity index (χ1v) is 18.8. The van der Waals surface area contributed by atoms with Crippen LogP contribution in [0.1, 0.15) is 11.1 Å². The summed E-state index contributed by atoms with van der Waals surface area (Å²) in [6, 6.07) is 59.7. The monoisotopic (exact) mass is 707 g/mol.